The van der Waals surface area contributed by atoms with E-state index in [1.165, 1.54) is 19.3 Å². The maximum Gasteiger partial charge on any atom is 0.177 e. The van der Waals surface area contributed by atoms with E-state index >= 15 is 0 Å². The molecule has 7 heteroatoms. The van der Waals surface area contributed by atoms with Crippen LogP contribution in [0.15, 0.2) is 53.8 Å². The molecular formula is C20H19ClN6. The Labute approximate surface area is 162 Å². The monoisotopic (exact) mass is 378 g/mol. The van der Waals surface area contributed by atoms with Gasteiger partial charge >= 0.3 is 0 Å². The van der Waals surface area contributed by atoms with Crippen LogP contribution in [0.3, 0.4) is 0 Å². The summed E-state index contributed by atoms with van der Waals surface area (Å²) in [7, 11) is 0. The van der Waals surface area contributed by atoms with Crippen LogP contribution in [0.2, 0.25) is 5.15 Å². The number of likely N-dealkylation sites (tertiary alicyclic amines) is 1. The molecule has 1 unspecified atom stereocenters. The Morgan fingerprint density at radius 1 is 0.963 bits per heavy atom. The maximum atomic E-state index is 6.25. The van der Waals surface area contributed by atoms with Crippen LogP contribution >= 0.6 is 11.6 Å². The van der Waals surface area contributed by atoms with E-state index in [1.807, 2.05) is 28.8 Å². The van der Waals surface area contributed by atoms with Crippen molar-refractivity contribution in [1.29, 1.82) is 0 Å². The minimum absolute atomic E-state index is 0.184. The molecule has 4 heterocycles. The number of benzene rings is 1. The molecule has 0 spiro atoms. The molecule has 3 aromatic rings. The van der Waals surface area contributed by atoms with Crippen LogP contribution in [0, 0.1) is 0 Å². The molecule has 0 saturated carbocycles. The molecule has 6 nitrogen and oxygen atoms in total. The zero-order valence-electron chi connectivity index (χ0n) is 14.8. The molecule has 5 rings (SSSR count). The first-order valence-corrected chi connectivity index (χ1v) is 9.63. The Bertz CT molecular complexity index is 991. The second kappa shape index (κ2) is 6.87. The summed E-state index contributed by atoms with van der Waals surface area (Å²) in [6.45, 7) is 2.02. The van der Waals surface area contributed by atoms with Crippen LogP contribution in [0.5, 0.6) is 0 Å². The van der Waals surface area contributed by atoms with Gasteiger partial charge in [-0.3, -0.25) is 14.5 Å². The molecule has 1 saturated heterocycles. The van der Waals surface area contributed by atoms with Crippen LogP contribution in [-0.2, 0) is 0 Å². The Morgan fingerprint density at radius 3 is 2.59 bits per heavy atom. The standard InChI is InChI=1S/C20H19ClN6/c21-16-10-9-15-18(23-16)17(14-7-3-1-4-8-14)24-19(20-25-22-13-27(15)20)26-11-5-2-6-12-26/h1,3-4,7-10,13,19H,2,5-6,11-12H2. The van der Waals surface area contributed by atoms with E-state index in [1.54, 1.807) is 12.4 Å². The number of fused-ring (bicyclic) bond motifs is 3. The summed E-state index contributed by atoms with van der Waals surface area (Å²) < 4.78 is 2.00. The Kier molecular flexibility index (Phi) is 4.22. The first-order chi connectivity index (χ1) is 13.3. The number of halogens is 1. The molecule has 27 heavy (non-hydrogen) atoms. The molecule has 1 aromatic carbocycles. The zero-order valence-corrected chi connectivity index (χ0v) is 15.5. The van der Waals surface area contributed by atoms with E-state index in [0.29, 0.717) is 5.15 Å². The number of nitrogens with zero attached hydrogens (tertiary/aromatic N) is 6. The summed E-state index contributed by atoms with van der Waals surface area (Å²) in [5, 5.41) is 9.04. The molecule has 2 aromatic heterocycles. The quantitative estimate of drug-likeness (QED) is 0.638. The second-order valence-electron chi connectivity index (χ2n) is 6.87. The summed E-state index contributed by atoms with van der Waals surface area (Å²) in [6.07, 6.45) is 5.18. The molecule has 1 fully saturated rings. The van der Waals surface area contributed by atoms with Gasteiger partial charge < -0.3 is 0 Å². The largest absolute Gasteiger partial charge is 0.280 e. The fourth-order valence-corrected chi connectivity index (χ4v) is 4.01. The highest BCUT2D eigenvalue weighted by Gasteiger charge is 2.32. The van der Waals surface area contributed by atoms with Gasteiger partial charge in [0.25, 0.3) is 0 Å². The van der Waals surface area contributed by atoms with Crippen molar-refractivity contribution in [3.05, 3.63) is 71.0 Å². The number of aromatic nitrogens is 4. The van der Waals surface area contributed by atoms with E-state index in [2.05, 4.69) is 32.2 Å². The van der Waals surface area contributed by atoms with Gasteiger partial charge in [-0.2, -0.15) is 0 Å². The van der Waals surface area contributed by atoms with Gasteiger partial charge in [0.2, 0.25) is 0 Å². The van der Waals surface area contributed by atoms with Gasteiger partial charge in [-0.1, -0.05) is 48.4 Å². The third-order valence-corrected chi connectivity index (χ3v) is 5.37. The Hall–Kier alpha value is -2.57. The number of pyridine rings is 1. The van der Waals surface area contributed by atoms with Crippen molar-refractivity contribution in [2.24, 2.45) is 4.99 Å². The molecule has 0 bridgehead atoms. The number of hydrogen-bond acceptors (Lipinski definition) is 5. The topological polar surface area (TPSA) is 59.2 Å². The highest BCUT2D eigenvalue weighted by molar-refractivity contribution is 6.30. The van der Waals surface area contributed by atoms with Crippen molar-refractivity contribution in [2.45, 2.75) is 25.4 Å². The van der Waals surface area contributed by atoms with Crippen molar-refractivity contribution >= 4 is 17.3 Å². The zero-order chi connectivity index (χ0) is 18.2. The highest BCUT2D eigenvalue weighted by atomic mass is 35.5. The van der Waals surface area contributed by atoms with E-state index in [4.69, 9.17) is 16.6 Å². The lowest BCUT2D eigenvalue weighted by Crippen LogP contribution is -2.34. The average Bonchev–Trinajstić information content (AvgIpc) is 3.15. The van der Waals surface area contributed by atoms with Crippen molar-refractivity contribution in [3.63, 3.8) is 0 Å². The predicted octanol–water partition coefficient (Wildman–Crippen LogP) is 3.65. The molecule has 0 amide bonds. The van der Waals surface area contributed by atoms with E-state index < -0.39 is 0 Å². The maximum absolute atomic E-state index is 6.25. The molecule has 0 aliphatic carbocycles. The molecule has 136 valence electrons. The van der Waals surface area contributed by atoms with Gasteiger partial charge in [0, 0.05) is 18.7 Å². The van der Waals surface area contributed by atoms with E-state index in [-0.39, 0.29) is 6.17 Å². The first kappa shape index (κ1) is 16.6. The second-order valence-corrected chi connectivity index (χ2v) is 7.26. The number of hydrogen-bond donors (Lipinski definition) is 0. The van der Waals surface area contributed by atoms with Crippen LogP contribution in [-0.4, -0.2) is 43.4 Å². The van der Waals surface area contributed by atoms with Crippen molar-refractivity contribution in [3.8, 4) is 5.69 Å². The Balaban J connectivity index is 1.75. The lowest BCUT2D eigenvalue weighted by molar-refractivity contribution is 0.161. The van der Waals surface area contributed by atoms with Gasteiger partial charge in [0.1, 0.15) is 17.2 Å². The molecule has 2 aliphatic rings. The molecule has 0 N–H and O–H groups in total. The highest BCUT2D eigenvalue weighted by Crippen LogP contribution is 2.32. The SMILES string of the molecule is Clc1ccc2c(n1)C(c1ccccc1)=NC(N1CCCCC1)c1nncn1-2. The smallest absolute Gasteiger partial charge is 0.177 e. The van der Waals surface area contributed by atoms with Crippen molar-refractivity contribution < 1.29 is 0 Å². The van der Waals surface area contributed by atoms with Gasteiger partial charge in [0.05, 0.1) is 11.4 Å². The molecule has 0 radical (unpaired) electrons. The van der Waals surface area contributed by atoms with Gasteiger partial charge in [-0.25, -0.2) is 4.98 Å². The molecule has 1 atom stereocenters. The van der Waals surface area contributed by atoms with Crippen molar-refractivity contribution in [2.75, 3.05) is 13.1 Å². The predicted molar refractivity (Wildman–Crippen MR) is 104 cm³/mol. The summed E-state index contributed by atoms with van der Waals surface area (Å²) in [4.78, 5) is 12.2. The summed E-state index contributed by atoms with van der Waals surface area (Å²) in [5.74, 6) is 0.827. The molecular weight excluding hydrogens is 360 g/mol. The van der Waals surface area contributed by atoms with E-state index in [9.17, 15) is 0 Å². The fraction of sp³-hybridized carbons (Fsp3) is 0.300. The van der Waals surface area contributed by atoms with Crippen LogP contribution in [0.1, 0.15) is 42.5 Å². The average molecular weight is 379 g/mol. The number of rotatable bonds is 2. The van der Waals surface area contributed by atoms with Crippen LogP contribution < -0.4 is 0 Å². The van der Waals surface area contributed by atoms with Crippen LogP contribution in [0.4, 0.5) is 0 Å². The molecule has 2 aliphatic heterocycles. The van der Waals surface area contributed by atoms with Crippen LogP contribution in [0.25, 0.3) is 5.69 Å². The lowest BCUT2D eigenvalue weighted by atomic mass is 10.1. The van der Waals surface area contributed by atoms with Crippen molar-refractivity contribution in [1.82, 2.24) is 24.6 Å². The summed E-state index contributed by atoms with van der Waals surface area (Å²) in [6, 6.07) is 13.9. The van der Waals surface area contributed by atoms with E-state index in [0.717, 1.165) is 41.6 Å². The first-order valence-electron chi connectivity index (χ1n) is 9.26. The number of aliphatic imine (C=N–C) groups is 1. The lowest BCUT2D eigenvalue weighted by Gasteiger charge is -2.31. The van der Waals surface area contributed by atoms with Gasteiger partial charge in [0.15, 0.2) is 12.0 Å². The third kappa shape index (κ3) is 2.95. The Morgan fingerprint density at radius 2 is 1.78 bits per heavy atom. The fourth-order valence-electron chi connectivity index (χ4n) is 3.86. The normalized spacial score (nSPS) is 19.7. The minimum Gasteiger partial charge on any atom is -0.280 e. The van der Waals surface area contributed by atoms with Gasteiger partial charge in [-0.15, -0.1) is 10.2 Å². The third-order valence-electron chi connectivity index (χ3n) is 5.16. The van der Waals surface area contributed by atoms with Gasteiger partial charge in [-0.05, 0) is 25.0 Å². The number of piperidine rings is 1. The summed E-state index contributed by atoms with van der Waals surface area (Å²) in [5.41, 5.74) is 3.53. The summed E-state index contributed by atoms with van der Waals surface area (Å²) >= 11 is 6.25. The minimum atomic E-state index is -0.184.